The Morgan fingerprint density at radius 2 is 2.00 bits per heavy atom. The molecule has 0 bridgehead atoms. The molecule has 0 heterocycles. The summed E-state index contributed by atoms with van der Waals surface area (Å²) in [5.74, 6) is -0.0769. The summed E-state index contributed by atoms with van der Waals surface area (Å²) in [6.07, 6.45) is 0. The fourth-order valence-corrected chi connectivity index (χ4v) is 0.595. The number of rotatable bonds is 3. The van der Waals surface area contributed by atoms with Crippen LogP contribution in [0.3, 0.4) is 0 Å². The molecule has 0 aliphatic heterocycles. The van der Waals surface area contributed by atoms with E-state index >= 15 is 0 Å². The monoisotopic (exact) mass is 207 g/mol. The summed E-state index contributed by atoms with van der Waals surface area (Å²) in [4.78, 5) is 22.6. The van der Waals surface area contributed by atoms with Gasteiger partial charge in [0.25, 0.3) is 0 Å². The third kappa shape index (κ3) is 3.61. The first-order chi connectivity index (χ1) is 4.57. The second kappa shape index (κ2) is 4.44. The fraction of sp³-hybridized carbons (Fsp3) is 0.667. The fourth-order valence-electron chi connectivity index (χ4n) is 0.418. The Morgan fingerprint density at radius 1 is 1.50 bits per heavy atom. The summed E-state index contributed by atoms with van der Waals surface area (Å²) >= 11 is 3.00. The van der Waals surface area contributed by atoms with Gasteiger partial charge in [-0.15, -0.1) is 0 Å². The van der Waals surface area contributed by atoms with Crippen LogP contribution in [0.25, 0.3) is 0 Å². The van der Waals surface area contributed by atoms with Crippen LogP contribution in [-0.4, -0.2) is 35.5 Å². The number of amides is 1. The Hall–Kier alpha value is -0.380. The molecule has 0 aliphatic rings. The van der Waals surface area contributed by atoms with Crippen molar-refractivity contribution >= 4 is 27.6 Å². The van der Waals surface area contributed by atoms with Crippen LogP contribution in [0, 0.1) is 0 Å². The van der Waals surface area contributed by atoms with E-state index in [9.17, 15) is 9.59 Å². The van der Waals surface area contributed by atoms with Gasteiger partial charge in [-0.3, -0.25) is 9.59 Å². The molecule has 0 rings (SSSR count). The maximum Gasteiger partial charge on any atom is 0.219 e. The van der Waals surface area contributed by atoms with Gasteiger partial charge in [-0.2, -0.15) is 0 Å². The molecule has 0 aliphatic carbocycles. The summed E-state index contributed by atoms with van der Waals surface area (Å²) in [5, 5.41) is 0.310. The average Bonchev–Trinajstić information content (AvgIpc) is 1.87. The molecule has 0 aromatic carbocycles. The number of halogens is 1. The smallest absolute Gasteiger partial charge is 0.219 e. The molecule has 3 nitrogen and oxygen atoms in total. The van der Waals surface area contributed by atoms with Crippen molar-refractivity contribution in [3.05, 3.63) is 0 Å². The number of nitrogens with zero attached hydrogens (tertiary/aromatic N) is 1. The topological polar surface area (TPSA) is 37.4 Å². The van der Waals surface area contributed by atoms with Crippen LogP contribution in [-0.2, 0) is 9.59 Å². The molecular weight excluding hydrogens is 198 g/mol. The van der Waals surface area contributed by atoms with Crippen molar-refractivity contribution in [2.75, 3.05) is 18.9 Å². The number of carbonyl (C=O) groups excluding carboxylic acids is 2. The first-order valence-electron chi connectivity index (χ1n) is 2.87. The summed E-state index contributed by atoms with van der Waals surface area (Å²) in [5.41, 5.74) is 0. The Kier molecular flexibility index (Phi) is 4.27. The Morgan fingerprint density at radius 3 is 2.30 bits per heavy atom. The molecule has 0 saturated carbocycles. The van der Waals surface area contributed by atoms with Gasteiger partial charge >= 0.3 is 0 Å². The number of hydrogen-bond donors (Lipinski definition) is 0. The predicted molar refractivity (Wildman–Crippen MR) is 42.1 cm³/mol. The van der Waals surface area contributed by atoms with Gasteiger partial charge in [0, 0.05) is 14.0 Å². The second-order valence-electron chi connectivity index (χ2n) is 2.05. The first kappa shape index (κ1) is 9.62. The minimum atomic E-state index is -0.0886. The molecule has 0 aromatic heterocycles. The van der Waals surface area contributed by atoms with Crippen molar-refractivity contribution in [1.29, 1.82) is 0 Å². The molecule has 0 atom stereocenters. The van der Waals surface area contributed by atoms with E-state index < -0.39 is 0 Å². The Balaban J connectivity index is 3.68. The summed E-state index contributed by atoms with van der Waals surface area (Å²) in [7, 11) is 1.60. The number of carbonyl (C=O) groups is 2. The van der Waals surface area contributed by atoms with Crippen molar-refractivity contribution in [3.63, 3.8) is 0 Å². The highest BCUT2D eigenvalue weighted by molar-refractivity contribution is 9.09. The maximum atomic E-state index is 10.7. The van der Waals surface area contributed by atoms with E-state index in [0.29, 0.717) is 5.33 Å². The highest BCUT2D eigenvalue weighted by atomic mass is 79.9. The van der Waals surface area contributed by atoms with E-state index in [0.717, 1.165) is 0 Å². The van der Waals surface area contributed by atoms with Crippen molar-refractivity contribution < 1.29 is 9.59 Å². The lowest BCUT2D eigenvalue weighted by Gasteiger charge is -2.11. The Bertz CT molecular complexity index is 147. The number of ketones is 1. The minimum Gasteiger partial charge on any atom is -0.339 e. The molecule has 58 valence electrons. The zero-order valence-corrected chi connectivity index (χ0v) is 7.64. The van der Waals surface area contributed by atoms with E-state index in [1.165, 1.54) is 11.8 Å². The van der Waals surface area contributed by atoms with Crippen LogP contribution >= 0.6 is 15.9 Å². The van der Waals surface area contributed by atoms with Crippen molar-refractivity contribution in [3.8, 4) is 0 Å². The van der Waals surface area contributed by atoms with E-state index in [2.05, 4.69) is 15.9 Å². The lowest BCUT2D eigenvalue weighted by molar-refractivity contribution is -0.131. The molecule has 1 amide bonds. The molecule has 0 unspecified atom stereocenters. The van der Waals surface area contributed by atoms with Gasteiger partial charge < -0.3 is 4.90 Å². The largest absolute Gasteiger partial charge is 0.339 e. The second-order valence-corrected chi connectivity index (χ2v) is 2.61. The molecule has 0 fully saturated rings. The lowest BCUT2D eigenvalue weighted by Crippen LogP contribution is -2.30. The SMILES string of the molecule is CC(=O)N(C)CC(=O)CBr. The number of alkyl halides is 1. The van der Waals surface area contributed by atoms with Crippen LogP contribution in [0.15, 0.2) is 0 Å². The van der Waals surface area contributed by atoms with E-state index in [-0.39, 0.29) is 18.2 Å². The summed E-state index contributed by atoms with van der Waals surface area (Å²) in [6.45, 7) is 1.63. The van der Waals surface area contributed by atoms with Crippen LogP contribution in [0.2, 0.25) is 0 Å². The van der Waals surface area contributed by atoms with Crippen LogP contribution < -0.4 is 0 Å². The molecule has 0 radical (unpaired) electrons. The van der Waals surface area contributed by atoms with Gasteiger partial charge in [-0.05, 0) is 0 Å². The molecule has 0 aromatic rings. The van der Waals surface area contributed by atoms with Gasteiger partial charge in [0.05, 0.1) is 11.9 Å². The summed E-state index contributed by atoms with van der Waals surface area (Å²) < 4.78 is 0. The van der Waals surface area contributed by atoms with Crippen LogP contribution in [0.4, 0.5) is 0 Å². The number of likely N-dealkylation sites (N-methyl/N-ethyl adjacent to an activating group) is 1. The minimum absolute atomic E-state index is 0.0118. The van der Waals surface area contributed by atoms with Crippen LogP contribution in [0.5, 0.6) is 0 Å². The zero-order chi connectivity index (χ0) is 8.15. The maximum absolute atomic E-state index is 10.7. The molecule has 0 spiro atoms. The normalized spacial score (nSPS) is 9.10. The average molecular weight is 208 g/mol. The van der Waals surface area contributed by atoms with Crippen molar-refractivity contribution in [2.24, 2.45) is 0 Å². The van der Waals surface area contributed by atoms with Gasteiger partial charge in [0.2, 0.25) is 5.91 Å². The summed E-state index contributed by atoms with van der Waals surface area (Å²) in [6, 6.07) is 0. The highest BCUT2D eigenvalue weighted by Gasteiger charge is 2.06. The zero-order valence-electron chi connectivity index (χ0n) is 6.06. The number of hydrogen-bond acceptors (Lipinski definition) is 2. The van der Waals surface area contributed by atoms with Crippen LogP contribution in [0.1, 0.15) is 6.92 Å². The molecule has 0 saturated heterocycles. The van der Waals surface area contributed by atoms with E-state index in [1.54, 1.807) is 7.05 Å². The molecule has 10 heavy (non-hydrogen) atoms. The van der Waals surface area contributed by atoms with Gasteiger partial charge in [-0.1, -0.05) is 15.9 Å². The van der Waals surface area contributed by atoms with E-state index in [1.807, 2.05) is 0 Å². The Labute approximate surface area is 68.5 Å². The van der Waals surface area contributed by atoms with E-state index in [4.69, 9.17) is 0 Å². The third-order valence-electron chi connectivity index (χ3n) is 1.10. The highest BCUT2D eigenvalue weighted by Crippen LogP contribution is 1.87. The quantitative estimate of drug-likeness (QED) is 0.630. The standard InChI is InChI=1S/C6H10BrNO2/c1-5(9)8(2)4-6(10)3-7/h3-4H2,1-2H3. The van der Waals surface area contributed by atoms with Crippen molar-refractivity contribution in [1.82, 2.24) is 4.90 Å². The van der Waals surface area contributed by atoms with Gasteiger partial charge in [-0.25, -0.2) is 0 Å². The van der Waals surface area contributed by atoms with Gasteiger partial charge in [0.15, 0.2) is 5.78 Å². The molecule has 4 heteroatoms. The van der Waals surface area contributed by atoms with Gasteiger partial charge in [0.1, 0.15) is 0 Å². The third-order valence-corrected chi connectivity index (χ3v) is 1.73. The van der Waals surface area contributed by atoms with Crippen molar-refractivity contribution in [2.45, 2.75) is 6.92 Å². The number of Topliss-reactive ketones (excluding diaryl/α,β-unsaturated/α-hetero) is 1. The first-order valence-corrected chi connectivity index (χ1v) is 3.99. The molecular formula is C6H10BrNO2. The molecule has 0 N–H and O–H groups in total. The lowest BCUT2D eigenvalue weighted by atomic mass is 10.4. The predicted octanol–water partition coefficient (Wildman–Crippen LogP) is 0.429.